The Bertz CT molecular complexity index is 1190. The van der Waals surface area contributed by atoms with Gasteiger partial charge in [-0.3, -0.25) is 9.59 Å². The Morgan fingerprint density at radius 3 is 2.16 bits per heavy atom. The summed E-state index contributed by atoms with van der Waals surface area (Å²) in [5, 5.41) is 5.89. The topological polar surface area (TPSA) is 97.0 Å². The van der Waals surface area contributed by atoms with Gasteiger partial charge >= 0.3 is 6.09 Å². The summed E-state index contributed by atoms with van der Waals surface area (Å²) >= 11 is 0. The van der Waals surface area contributed by atoms with Crippen LogP contribution in [-0.2, 0) is 14.3 Å². The Balaban J connectivity index is 2.60. The first-order valence-corrected chi connectivity index (χ1v) is 15.6. The van der Waals surface area contributed by atoms with Crippen molar-refractivity contribution in [2.75, 3.05) is 19.0 Å². The predicted octanol–water partition coefficient (Wildman–Crippen LogP) is 7.73. The van der Waals surface area contributed by atoms with E-state index in [0.29, 0.717) is 24.4 Å². The van der Waals surface area contributed by atoms with Gasteiger partial charge in [0, 0.05) is 12.2 Å². The van der Waals surface area contributed by atoms with E-state index in [1.807, 2.05) is 45.9 Å². The number of alkyl carbamates (subject to hydrolysis) is 1. The van der Waals surface area contributed by atoms with Crippen molar-refractivity contribution in [1.82, 2.24) is 10.2 Å². The fourth-order valence-corrected chi connectivity index (χ4v) is 4.94. The molecule has 0 aliphatic rings. The number of methoxy groups -OCH3 is 1. The number of nitrogens with zero attached hydrogens (tertiary/aromatic N) is 1. The average Bonchev–Trinajstić information content (AvgIpc) is 2.95. The highest BCUT2D eigenvalue weighted by Crippen LogP contribution is 2.30. The highest BCUT2D eigenvalue weighted by atomic mass is 16.6. The van der Waals surface area contributed by atoms with Crippen LogP contribution in [0.5, 0.6) is 5.75 Å². The van der Waals surface area contributed by atoms with Crippen LogP contribution in [0.2, 0.25) is 0 Å². The van der Waals surface area contributed by atoms with E-state index >= 15 is 0 Å². The summed E-state index contributed by atoms with van der Waals surface area (Å²) in [5.41, 5.74) is 2.54. The molecule has 3 amide bonds. The molecule has 2 aromatic rings. The van der Waals surface area contributed by atoms with E-state index in [2.05, 4.69) is 17.6 Å². The van der Waals surface area contributed by atoms with Crippen molar-refractivity contribution in [2.45, 2.75) is 112 Å². The SMILES string of the molecule is CCCCCCCN(C(=O)C(NC(=O)OC(C)(C)C)C(C)CC)C(C(=O)Nc1ccc(OC)cc1)c1cc(C)ccc1C. The van der Waals surface area contributed by atoms with Crippen molar-refractivity contribution < 1.29 is 23.9 Å². The molecule has 0 heterocycles. The molecule has 8 heteroatoms. The molecule has 3 atom stereocenters. The van der Waals surface area contributed by atoms with Crippen LogP contribution in [0.3, 0.4) is 0 Å². The summed E-state index contributed by atoms with van der Waals surface area (Å²) in [6.07, 6.45) is 4.95. The minimum Gasteiger partial charge on any atom is -0.497 e. The van der Waals surface area contributed by atoms with Crippen LogP contribution in [0.25, 0.3) is 0 Å². The van der Waals surface area contributed by atoms with Gasteiger partial charge in [0.05, 0.1) is 7.11 Å². The maximum absolute atomic E-state index is 14.6. The number of unbranched alkanes of at least 4 members (excludes halogenated alkanes) is 4. The van der Waals surface area contributed by atoms with Gasteiger partial charge in [0.25, 0.3) is 5.91 Å². The van der Waals surface area contributed by atoms with E-state index in [-0.39, 0.29) is 17.7 Å². The number of hydrogen-bond acceptors (Lipinski definition) is 5. The van der Waals surface area contributed by atoms with Gasteiger partial charge in [0.1, 0.15) is 23.4 Å². The zero-order valence-corrected chi connectivity index (χ0v) is 27.7. The van der Waals surface area contributed by atoms with Gasteiger partial charge in [-0.2, -0.15) is 0 Å². The molecule has 0 aromatic heterocycles. The quantitative estimate of drug-likeness (QED) is 0.205. The normalized spacial score (nSPS) is 13.4. The molecule has 43 heavy (non-hydrogen) atoms. The highest BCUT2D eigenvalue weighted by Gasteiger charge is 2.38. The first kappa shape index (κ1) is 35.6. The maximum atomic E-state index is 14.6. The number of amides is 3. The van der Waals surface area contributed by atoms with Crippen molar-refractivity contribution in [3.8, 4) is 5.75 Å². The number of nitrogens with one attached hydrogen (secondary N) is 2. The number of hydrogen-bond donors (Lipinski definition) is 2. The van der Waals surface area contributed by atoms with Crippen LogP contribution >= 0.6 is 0 Å². The molecule has 2 aromatic carbocycles. The van der Waals surface area contributed by atoms with Crippen molar-refractivity contribution in [2.24, 2.45) is 5.92 Å². The zero-order chi connectivity index (χ0) is 32.2. The summed E-state index contributed by atoms with van der Waals surface area (Å²) in [7, 11) is 1.59. The zero-order valence-electron chi connectivity index (χ0n) is 27.7. The average molecular weight is 596 g/mol. The lowest BCUT2D eigenvalue weighted by Crippen LogP contribution is -2.55. The number of aryl methyl sites for hydroxylation is 2. The monoisotopic (exact) mass is 595 g/mol. The minimum absolute atomic E-state index is 0.188. The smallest absolute Gasteiger partial charge is 0.408 e. The second kappa shape index (κ2) is 16.9. The maximum Gasteiger partial charge on any atom is 0.408 e. The molecule has 0 bridgehead atoms. The number of rotatable bonds is 15. The van der Waals surface area contributed by atoms with E-state index in [1.165, 1.54) is 0 Å². The Labute approximate surface area is 258 Å². The second-order valence-corrected chi connectivity index (χ2v) is 12.4. The molecule has 2 N–H and O–H groups in total. The first-order valence-electron chi connectivity index (χ1n) is 15.6. The fraction of sp³-hybridized carbons (Fsp3) is 0.571. The lowest BCUT2D eigenvalue weighted by Gasteiger charge is -2.36. The number of carbonyl (C=O) groups is 3. The first-order chi connectivity index (χ1) is 20.3. The van der Waals surface area contributed by atoms with Gasteiger partial charge in [-0.05, 0) is 82.3 Å². The summed E-state index contributed by atoms with van der Waals surface area (Å²) in [5.74, 6) is -0.128. The molecular formula is C35H53N3O5. The van der Waals surface area contributed by atoms with Crippen molar-refractivity contribution >= 4 is 23.6 Å². The molecule has 0 aliphatic carbocycles. The molecule has 0 fully saturated rings. The molecule has 0 saturated heterocycles. The standard InChI is InChI=1S/C35H53N3O5/c1-10-12-13-14-15-22-38(33(40)30(25(4)11-2)37-34(41)43-35(6,7)8)31(29-23-24(3)16-17-26(29)5)32(39)36-27-18-20-28(42-9)21-19-27/h16-21,23,25,30-31H,10-15,22H2,1-9H3,(H,36,39)(H,37,41). The predicted molar refractivity (Wildman–Crippen MR) is 173 cm³/mol. The summed E-state index contributed by atoms with van der Waals surface area (Å²) < 4.78 is 10.8. The number of ether oxygens (including phenoxy) is 2. The van der Waals surface area contributed by atoms with Gasteiger partial charge in [0.2, 0.25) is 5.91 Å². The van der Waals surface area contributed by atoms with Crippen LogP contribution in [-0.4, -0.2) is 48.1 Å². The summed E-state index contributed by atoms with van der Waals surface area (Å²) in [6.45, 7) is 15.7. The number of benzene rings is 2. The largest absolute Gasteiger partial charge is 0.497 e. The summed E-state index contributed by atoms with van der Waals surface area (Å²) in [4.78, 5) is 43.4. The Hall–Kier alpha value is -3.55. The van der Waals surface area contributed by atoms with Gasteiger partial charge in [-0.25, -0.2) is 4.79 Å². The minimum atomic E-state index is -0.910. The summed E-state index contributed by atoms with van der Waals surface area (Å²) in [6, 6.07) is 11.3. The van der Waals surface area contributed by atoms with Crippen LogP contribution in [0.1, 0.15) is 103 Å². The van der Waals surface area contributed by atoms with Crippen molar-refractivity contribution in [3.63, 3.8) is 0 Å². The van der Waals surface area contributed by atoms with E-state index < -0.39 is 23.8 Å². The Kier molecular flexibility index (Phi) is 14.0. The molecular weight excluding hydrogens is 542 g/mol. The molecule has 0 spiro atoms. The Morgan fingerprint density at radius 2 is 1.58 bits per heavy atom. The fourth-order valence-electron chi connectivity index (χ4n) is 4.94. The van der Waals surface area contributed by atoms with Crippen molar-refractivity contribution in [1.29, 1.82) is 0 Å². The van der Waals surface area contributed by atoms with E-state index in [9.17, 15) is 14.4 Å². The van der Waals surface area contributed by atoms with Crippen LogP contribution in [0, 0.1) is 19.8 Å². The molecule has 0 saturated carbocycles. The van der Waals surface area contributed by atoms with E-state index in [4.69, 9.17) is 9.47 Å². The van der Waals surface area contributed by atoms with E-state index in [0.717, 1.165) is 48.8 Å². The van der Waals surface area contributed by atoms with Crippen LogP contribution in [0.15, 0.2) is 42.5 Å². The number of carbonyl (C=O) groups excluding carboxylic acids is 3. The molecule has 238 valence electrons. The third-order valence-corrected chi connectivity index (χ3v) is 7.58. The van der Waals surface area contributed by atoms with Crippen molar-refractivity contribution in [3.05, 3.63) is 59.2 Å². The molecule has 8 nitrogen and oxygen atoms in total. The van der Waals surface area contributed by atoms with Gasteiger partial charge in [0.15, 0.2) is 0 Å². The Morgan fingerprint density at radius 1 is 0.930 bits per heavy atom. The van der Waals surface area contributed by atoms with Gasteiger partial charge in [-0.1, -0.05) is 76.6 Å². The lowest BCUT2D eigenvalue weighted by atomic mass is 9.93. The third-order valence-electron chi connectivity index (χ3n) is 7.58. The second-order valence-electron chi connectivity index (χ2n) is 12.4. The molecule has 2 rings (SSSR count). The van der Waals surface area contributed by atoms with Gasteiger partial charge in [-0.15, -0.1) is 0 Å². The third kappa shape index (κ3) is 11.2. The molecule has 0 aliphatic heterocycles. The number of anilines is 1. The lowest BCUT2D eigenvalue weighted by molar-refractivity contribution is -0.142. The highest BCUT2D eigenvalue weighted by molar-refractivity contribution is 5.99. The molecule has 0 radical (unpaired) electrons. The van der Waals surface area contributed by atoms with Crippen LogP contribution < -0.4 is 15.4 Å². The molecule has 3 unspecified atom stereocenters. The van der Waals surface area contributed by atoms with E-state index in [1.54, 1.807) is 57.0 Å². The van der Waals surface area contributed by atoms with Gasteiger partial charge < -0.3 is 25.0 Å². The van der Waals surface area contributed by atoms with Crippen LogP contribution in [0.4, 0.5) is 10.5 Å².